The smallest absolute Gasteiger partial charge is 0.194 e. The van der Waals surface area contributed by atoms with Gasteiger partial charge in [0.15, 0.2) is 11.6 Å². The third-order valence-corrected chi connectivity index (χ3v) is 3.55. The Morgan fingerprint density at radius 1 is 0.667 bits per heavy atom. The van der Waals surface area contributed by atoms with Crippen LogP contribution in [0.4, 0.5) is 0 Å². The molecule has 0 heterocycles. The summed E-state index contributed by atoms with van der Waals surface area (Å²) in [4.78, 5) is 24.5. The average molecular weight is 295 g/mol. The number of benzene rings is 2. The summed E-state index contributed by atoms with van der Waals surface area (Å²) < 4.78 is 0. The standard InChI is InChI=1S/C18H11ClO2/c19-14-8-6-13(7-9-14)17-11-15(20)10-16(18(17)21)12-4-2-1-3-5-12/h1-11H. The zero-order valence-corrected chi connectivity index (χ0v) is 11.8. The maximum Gasteiger partial charge on any atom is 0.194 e. The lowest BCUT2D eigenvalue weighted by atomic mass is 9.87. The van der Waals surface area contributed by atoms with E-state index in [1.54, 1.807) is 24.3 Å². The molecule has 3 rings (SSSR count). The Labute approximate surface area is 127 Å². The Bertz CT molecular complexity index is 769. The fourth-order valence-corrected chi connectivity index (χ4v) is 2.40. The maximum absolute atomic E-state index is 12.6. The van der Waals surface area contributed by atoms with Crippen molar-refractivity contribution in [2.24, 2.45) is 0 Å². The van der Waals surface area contributed by atoms with E-state index in [0.717, 1.165) is 5.56 Å². The number of ketones is 2. The Morgan fingerprint density at radius 2 is 1.19 bits per heavy atom. The molecular formula is C18H11ClO2. The van der Waals surface area contributed by atoms with E-state index < -0.39 is 0 Å². The van der Waals surface area contributed by atoms with Crippen LogP contribution in [0.15, 0.2) is 66.7 Å². The Hall–Kier alpha value is -2.45. The van der Waals surface area contributed by atoms with Crippen molar-refractivity contribution in [1.29, 1.82) is 0 Å². The average Bonchev–Trinajstić information content (AvgIpc) is 2.51. The van der Waals surface area contributed by atoms with Crippen LogP contribution in [0.5, 0.6) is 0 Å². The van der Waals surface area contributed by atoms with Gasteiger partial charge in [-0.15, -0.1) is 0 Å². The molecule has 2 aromatic rings. The summed E-state index contributed by atoms with van der Waals surface area (Å²) in [7, 11) is 0. The van der Waals surface area contributed by atoms with Gasteiger partial charge in [-0.25, -0.2) is 0 Å². The van der Waals surface area contributed by atoms with Gasteiger partial charge in [-0.2, -0.15) is 0 Å². The van der Waals surface area contributed by atoms with E-state index in [2.05, 4.69) is 0 Å². The fraction of sp³-hybridized carbons (Fsp3) is 0. The number of hydrogen-bond donors (Lipinski definition) is 0. The van der Waals surface area contributed by atoms with Gasteiger partial charge >= 0.3 is 0 Å². The third-order valence-electron chi connectivity index (χ3n) is 3.30. The lowest BCUT2D eigenvalue weighted by molar-refractivity contribution is -0.112. The van der Waals surface area contributed by atoms with Crippen LogP contribution in [0.1, 0.15) is 11.1 Å². The van der Waals surface area contributed by atoms with Crippen molar-refractivity contribution in [2.45, 2.75) is 0 Å². The molecule has 0 aromatic heterocycles. The van der Waals surface area contributed by atoms with Gasteiger partial charge in [0.2, 0.25) is 0 Å². The van der Waals surface area contributed by atoms with Gasteiger partial charge in [-0.05, 0) is 35.4 Å². The van der Waals surface area contributed by atoms with Crippen molar-refractivity contribution in [3.05, 3.63) is 82.9 Å². The molecule has 0 radical (unpaired) electrons. The van der Waals surface area contributed by atoms with Gasteiger partial charge in [0.05, 0.1) is 0 Å². The molecule has 0 aliphatic heterocycles. The lowest BCUT2D eigenvalue weighted by Crippen LogP contribution is -2.12. The second kappa shape index (κ2) is 5.51. The molecule has 102 valence electrons. The summed E-state index contributed by atoms with van der Waals surface area (Å²) in [5.74, 6) is -0.332. The van der Waals surface area contributed by atoms with Crippen LogP contribution < -0.4 is 0 Å². The largest absolute Gasteiger partial charge is 0.290 e. The Morgan fingerprint density at radius 3 is 1.76 bits per heavy atom. The molecular weight excluding hydrogens is 284 g/mol. The summed E-state index contributed by atoms with van der Waals surface area (Å²) >= 11 is 5.86. The van der Waals surface area contributed by atoms with Gasteiger partial charge in [0.1, 0.15) is 0 Å². The lowest BCUT2D eigenvalue weighted by Gasteiger charge is -2.14. The molecule has 3 heteroatoms. The minimum atomic E-state index is -0.182. The molecule has 21 heavy (non-hydrogen) atoms. The van der Waals surface area contributed by atoms with Crippen molar-refractivity contribution in [2.75, 3.05) is 0 Å². The molecule has 1 aliphatic carbocycles. The van der Waals surface area contributed by atoms with E-state index in [1.165, 1.54) is 12.2 Å². The van der Waals surface area contributed by atoms with Crippen molar-refractivity contribution in [1.82, 2.24) is 0 Å². The number of carbonyl (C=O) groups excluding carboxylic acids is 2. The molecule has 1 aliphatic rings. The minimum Gasteiger partial charge on any atom is -0.290 e. The molecule has 0 unspecified atom stereocenters. The van der Waals surface area contributed by atoms with Crippen molar-refractivity contribution < 1.29 is 9.59 Å². The fourth-order valence-electron chi connectivity index (χ4n) is 2.28. The quantitative estimate of drug-likeness (QED) is 0.786. The summed E-state index contributed by atoms with van der Waals surface area (Å²) in [6, 6.07) is 16.1. The van der Waals surface area contributed by atoms with Crippen LogP contribution in [-0.2, 0) is 9.59 Å². The molecule has 0 N–H and O–H groups in total. The van der Waals surface area contributed by atoms with E-state index in [4.69, 9.17) is 11.6 Å². The summed E-state index contributed by atoms with van der Waals surface area (Å²) in [5.41, 5.74) is 2.26. The molecule has 0 saturated carbocycles. The molecule has 0 atom stereocenters. The number of rotatable bonds is 2. The first-order valence-electron chi connectivity index (χ1n) is 6.48. The van der Waals surface area contributed by atoms with E-state index in [0.29, 0.717) is 21.7 Å². The SMILES string of the molecule is O=C1C=C(c2ccccc2)C(=O)C(c2ccc(Cl)cc2)=C1. The highest BCUT2D eigenvalue weighted by Crippen LogP contribution is 2.29. The number of carbonyl (C=O) groups is 2. The number of hydrogen-bond acceptors (Lipinski definition) is 2. The number of Topliss-reactive ketones (excluding diaryl/α,β-unsaturated/α-hetero) is 1. The highest BCUT2D eigenvalue weighted by atomic mass is 35.5. The van der Waals surface area contributed by atoms with Gasteiger partial charge < -0.3 is 0 Å². The Kier molecular flexibility index (Phi) is 3.55. The van der Waals surface area contributed by atoms with E-state index in [9.17, 15) is 9.59 Å². The Balaban J connectivity index is 2.03. The number of allylic oxidation sites excluding steroid dienone is 4. The predicted molar refractivity (Wildman–Crippen MR) is 83.9 cm³/mol. The highest BCUT2D eigenvalue weighted by molar-refractivity contribution is 6.48. The summed E-state index contributed by atoms with van der Waals surface area (Å²) in [5, 5.41) is 0.591. The summed E-state index contributed by atoms with van der Waals surface area (Å²) in [6.45, 7) is 0. The van der Waals surface area contributed by atoms with E-state index >= 15 is 0 Å². The van der Waals surface area contributed by atoms with Crippen LogP contribution in [0.3, 0.4) is 0 Å². The van der Waals surface area contributed by atoms with Crippen molar-refractivity contribution in [3.63, 3.8) is 0 Å². The first kappa shape index (κ1) is 13.5. The third kappa shape index (κ3) is 2.71. The molecule has 2 nitrogen and oxygen atoms in total. The zero-order chi connectivity index (χ0) is 14.8. The first-order chi connectivity index (χ1) is 10.1. The van der Waals surface area contributed by atoms with Crippen molar-refractivity contribution >= 4 is 34.3 Å². The van der Waals surface area contributed by atoms with Gasteiger partial charge in [0.25, 0.3) is 0 Å². The van der Waals surface area contributed by atoms with Crippen molar-refractivity contribution in [3.8, 4) is 0 Å². The highest BCUT2D eigenvalue weighted by Gasteiger charge is 2.23. The minimum absolute atomic E-state index is 0.150. The first-order valence-corrected chi connectivity index (χ1v) is 6.86. The van der Waals surface area contributed by atoms with Crippen LogP contribution in [0, 0.1) is 0 Å². The zero-order valence-electron chi connectivity index (χ0n) is 11.0. The van der Waals surface area contributed by atoms with E-state index in [1.807, 2.05) is 30.3 Å². The maximum atomic E-state index is 12.6. The van der Waals surface area contributed by atoms with Crippen LogP contribution in [0.2, 0.25) is 5.02 Å². The molecule has 0 saturated heterocycles. The normalized spacial score (nSPS) is 14.7. The van der Waals surface area contributed by atoms with Gasteiger partial charge in [0, 0.05) is 16.2 Å². The van der Waals surface area contributed by atoms with E-state index in [-0.39, 0.29) is 11.6 Å². The predicted octanol–water partition coefficient (Wildman–Crippen LogP) is 3.96. The molecule has 0 amide bonds. The topological polar surface area (TPSA) is 34.1 Å². The van der Waals surface area contributed by atoms with Gasteiger partial charge in [-0.1, -0.05) is 54.1 Å². The second-order valence-electron chi connectivity index (χ2n) is 4.72. The monoisotopic (exact) mass is 294 g/mol. The number of halogens is 1. The van der Waals surface area contributed by atoms with Gasteiger partial charge in [-0.3, -0.25) is 9.59 Å². The van der Waals surface area contributed by atoms with Crippen LogP contribution >= 0.6 is 11.6 Å². The summed E-state index contributed by atoms with van der Waals surface area (Å²) in [6.07, 6.45) is 2.76. The molecule has 0 fully saturated rings. The molecule has 2 aromatic carbocycles. The van der Waals surface area contributed by atoms with Crippen LogP contribution in [0.25, 0.3) is 11.1 Å². The molecule has 0 bridgehead atoms. The molecule has 0 spiro atoms. The second-order valence-corrected chi connectivity index (χ2v) is 5.16. The van der Waals surface area contributed by atoms with Crippen LogP contribution in [-0.4, -0.2) is 11.6 Å².